The van der Waals surface area contributed by atoms with Gasteiger partial charge in [-0.25, -0.2) is 0 Å². The van der Waals surface area contributed by atoms with Gasteiger partial charge in [-0.15, -0.1) is 0 Å². The fourth-order valence-corrected chi connectivity index (χ4v) is 2.10. The molecule has 4 nitrogen and oxygen atoms in total. The second-order valence-electron chi connectivity index (χ2n) is 4.61. The van der Waals surface area contributed by atoms with Crippen LogP contribution in [-0.2, 0) is 9.53 Å². The number of anilines is 1. The normalized spacial score (nSPS) is 19.3. The summed E-state index contributed by atoms with van der Waals surface area (Å²) in [6.45, 7) is 3.26. The van der Waals surface area contributed by atoms with Crippen molar-refractivity contribution < 1.29 is 14.3 Å². The van der Waals surface area contributed by atoms with Gasteiger partial charge in [-0.05, 0) is 37.5 Å². The van der Waals surface area contributed by atoms with Crippen LogP contribution in [0, 0.1) is 12.8 Å². The largest absolute Gasteiger partial charge is 0.495 e. The van der Waals surface area contributed by atoms with Crippen molar-refractivity contribution in [3.8, 4) is 5.75 Å². The molecule has 4 heteroatoms. The molecule has 1 N–H and O–H groups in total. The van der Waals surface area contributed by atoms with E-state index in [1.807, 2.05) is 25.1 Å². The Hall–Kier alpha value is -1.55. The van der Waals surface area contributed by atoms with E-state index in [1.54, 1.807) is 7.11 Å². The monoisotopic (exact) mass is 249 g/mol. The van der Waals surface area contributed by atoms with Crippen molar-refractivity contribution in [3.05, 3.63) is 23.8 Å². The molecule has 1 fully saturated rings. The van der Waals surface area contributed by atoms with E-state index >= 15 is 0 Å². The highest BCUT2D eigenvalue weighted by Gasteiger charge is 2.22. The van der Waals surface area contributed by atoms with E-state index in [0.717, 1.165) is 30.7 Å². The maximum Gasteiger partial charge on any atom is 0.229 e. The lowest BCUT2D eigenvalue weighted by Crippen LogP contribution is -2.30. The maximum absolute atomic E-state index is 12.1. The van der Waals surface area contributed by atoms with Crippen molar-refractivity contribution in [2.45, 2.75) is 19.8 Å². The topological polar surface area (TPSA) is 47.6 Å². The fraction of sp³-hybridized carbons (Fsp3) is 0.500. The Morgan fingerprint density at radius 1 is 1.50 bits per heavy atom. The molecule has 0 spiro atoms. The molecule has 2 rings (SSSR count). The van der Waals surface area contributed by atoms with Gasteiger partial charge in [-0.1, -0.05) is 6.07 Å². The second-order valence-corrected chi connectivity index (χ2v) is 4.61. The zero-order valence-corrected chi connectivity index (χ0v) is 10.9. The minimum Gasteiger partial charge on any atom is -0.495 e. The van der Waals surface area contributed by atoms with Gasteiger partial charge >= 0.3 is 0 Å². The smallest absolute Gasteiger partial charge is 0.229 e. The van der Waals surface area contributed by atoms with E-state index in [2.05, 4.69) is 5.32 Å². The Bertz CT molecular complexity index is 425. The molecular weight excluding hydrogens is 230 g/mol. The predicted molar refractivity (Wildman–Crippen MR) is 69.9 cm³/mol. The summed E-state index contributed by atoms with van der Waals surface area (Å²) < 4.78 is 10.6. The molecule has 0 radical (unpaired) electrons. The number of amides is 1. The van der Waals surface area contributed by atoms with E-state index in [4.69, 9.17) is 9.47 Å². The van der Waals surface area contributed by atoms with Crippen LogP contribution >= 0.6 is 0 Å². The molecule has 1 amide bonds. The molecule has 18 heavy (non-hydrogen) atoms. The SMILES string of the molecule is COc1ccc(C)cc1NC(=O)C1CCCOC1. The lowest BCUT2D eigenvalue weighted by atomic mass is 10.0. The van der Waals surface area contributed by atoms with E-state index < -0.39 is 0 Å². The average molecular weight is 249 g/mol. The summed E-state index contributed by atoms with van der Waals surface area (Å²) in [6.07, 6.45) is 1.84. The molecule has 0 aromatic heterocycles. The minimum absolute atomic E-state index is 0.0126. The van der Waals surface area contributed by atoms with Gasteiger partial charge < -0.3 is 14.8 Å². The number of carbonyl (C=O) groups is 1. The van der Waals surface area contributed by atoms with E-state index in [9.17, 15) is 4.79 Å². The molecule has 1 aliphatic heterocycles. The maximum atomic E-state index is 12.1. The fourth-order valence-electron chi connectivity index (χ4n) is 2.10. The number of carbonyl (C=O) groups excluding carboxylic acids is 1. The first-order valence-corrected chi connectivity index (χ1v) is 6.24. The highest BCUT2D eigenvalue weighted by molar-refractivity contribution is 5.94. The van der Waals surface area contributed by atoms with Crippen LogP contribution < -0.4 is 10.1 Å². The Morgan fingerprint density at radius 2 is 2.33 bits per heavy atom. The van der Waals surface area contributed by atoms with Gasteiger partial charge in [0.1, 0.15) is 5.75 Å². The summed E-state index contributed by atoms with van der Waals surface area (Å²) in [7, 11) is 1.60. The van der Waals surface area contributed by atoms with Crippen LogP contribution in [0.2, 0.25) is 0 Å². The van der Waals surface area contributed by atoms with Gasteiger partial charge in [0.15, 0.2) is 0 Å². The first kappa shape index (κ1) is 12.9. The van der Waals surface area contributed by atoms with Crippen molar-refractivity contribution in [2.75, 3.05) is 25.6 Å². The van der Waals surface area contributed by atoms with Gasteiger partial charge in [0.25, 0.3) is 0 Å². The molecule has 1 aromatic rings. The molecule has 1 heterocycles. The van der Waals surface area contributed by atoms with Crippen molar-refractivity contribution in [1.82, 2.24) is 0 Å². The molecular formula is C14H19NO3. The average Bonchev–Trinajstić information content (AvgIpc) is 2.40. The Labute approximate surface area is 107 Å². The van der Waals surface area contributed by atoms with Gasteiger partial charge in [-0.2, -0.15) is 0 Å². The van der Waals surface area contributed by atoms with Crippen LogP contribution in [0.1, 0.15) is 18.4 Å². The van der Waals surface area contributed by atoms with Crippen molar-refractivity contribution in [2.24, 2.45) is 5.92 Å². The zero-order chi connectivity index (χ0) is 13.0. The van der Waals surface area contributed by atoms with Gasteiger partial charge in [0.2, 0.25) is 5.91 Å². The van der Waals surface area contributed by atoms with Crippen LogP contribution in [0.15, 0.2) is 18.2 Å². The third-order valence-corrected chi connectivity index (χ3v) is 3.14. The van der Waals surface area contributed by atoms with Crippen LogP contribution in [0.4, 0.5) is 5.69 Å². The van der Waals surface area contributed by atoms with Crippen LogP contribution in [0.25, 0.3) is 0 Å². The molecule has 0 bridgehead atoms. The highest BCUT2D eigenvalue weighted by atomic mass is 16.5. The number of rotatable bonds is 3. The standard InChI is InChI=1S/C14H19NO3/c1-10-5-6-13(17-2)12(8-10)15-14(16)11-4-3-7-18-9-11/h5-6,8,11H,3-4,7,9H2,1-2H3,(H,15,16). The number of hydrogen-bond donors (Lipinski definition) is 1. The summed E-state index contributed by atoms with van der Waals surface area (Å²) in [5.74, 6) is 0.647. The number of nitrogens with one attached hydrogen (secondary N) is 1. The molecule has 1 aliphatic rings. The molecule has 1 atom stereocenters. The molecule has 98 valence electrons. The quantitative estimate of drug-likeness (QED) is 0.894. The van der Waals surface area contributed by atoms with Crippen LogP contribution in [0.3, 0.4) is 0 Å². The van der Waals surface area contributed by atoms with E-state index in [1.165, 1.54) is 0 Å². The van der Waals surface area contributed by atoms with Gasteiger partial charge in [-0.3, -0.25) is 4.79 Å². The zero-order valence-electron chi connectivity index (χ0n) is 10.9. The summed E-state index contributed by atoms with van der Waals surface area (Å²) in [4.78, 5) is 12.1. The first-order chi connectivity index (χ1) is 8.70. The number of benzene rings is 1. The number of hydrogen-bond acceptors (Lipinski definition) is 3. The second kappa shape index (κ2) is 5.87. The molecule has 1 aromatic carbocycles. The molecule has 0 aliphatic carbocycles. The van der Waals surface area contributed by atoms with E-state index in [0.29, 0.717) is 12.4 Å². The summed E-state index contributed by atoms with van der Waals surface area (Å²) >= 11 is 0. The molecule has 0 saturated carbocycles. The van der Waals surface area contributed by atoms with Crippen molar-refractivity contribution >= 4 is 11.6 Å². The van der Waals surface area contributed by atoms with Gasteiger partial charge in [0.05, 0.1) is 25.3 Å². The Morgan fingerprint density at radius 3 is 3.00 bits per heavy atom. The van der Waals surface area contributed by atoms with E-state index in [-0.39, 0.29) is 11.8 Å². The van der Waals surface area contributed by atoms with Crippen LogP contribution in [-0.4, -0.2) is 26.2 Å². The number of aryl methyl sites for hydroxylation is 1. The summed E-state index contributed by atoms with van der Waals surface area (Å²) in [5.41, 5.74) is 1.82. The Kier molecular flexibility index (Phi) is 4.20. The lowest BCUT2D eigenvalue weighted by molar-refractivity contribution is -0.123. The predicted octanol–water partition coefficient (Wildman–Crippen LogP) is 2.37. The van der Waals surface area contributed by atoms with Crippen LogP contribution in [0.5, 0.6) is 5.75 Å². The number of methoxy groups -OCH3 is 1. The lowest BCUT2D eigenvalue weighted by Gasteiger charge is -2.21. The Balaban J connectivity index is 2.07. The molecule has 1 unspecified atom stereocenters. The third kappa shape index (κ3) is 3.01. The van der Waals surface area contributed by atoms with Gasteiger partial charge in [0, 0.05) is 6.61 Å². The van der Waals surface area contributed by atoms with Crippen molar-refractivity contribution in [3.63, 3.8) is 0 Å². The molecule has 1 saturated heterocycles. The summed E-state index contributed by atoms with van der Waals surface area (Å²) in [5, 5.41) is 2.93. The third-order valence-electron chi connectivity index (χ3n) is 3.14. The van der Waals surface area contributed by atoms with Crippen molar-refractivity contribution in [1.29, 1.82) is 0 Å². The number of ether oxygens (including phenoxy) is 2. The highest BCUT2D eigenvalue weighted by Crippen LogP contribution is 2.26. The minimum atomic E-state index is -0.0519. The first-order valence-electron chi connectivity index (χ1n) is 6.24. The summed E-state index contributed by atoms with van der Waals surface area (Å²) in [6, 6.07) is 5.74.